The van der Waals surface area contributed by atoms with E-state index in [4.69, 9.17) is 0 Å². The van der Waals surface area contributed by atoms with Crippen molar-refractivity contribution in [1.29, 1.82) is 0 Å². The van der Waals surface area contributed by atoms with Gasteiger partial charge in [0.25, 0.3) is 11.8 Å². The first-order valence-electron chi connectivity index (χ1n) is 6.23. The molecule has 0 radical (unpaired) electrons. The molecule has 20 heavy (non-hydrogen) atoms. The van der Waals surface area contributed by atoms with Gasteiger partial charge in [0.2, 0.25) is 0 Å². The number of hydrogen-bond donors (Lipinski definition) is 0. The third-order valence-corrected chi connectivity index (χ3v) is 3.41. The molecule has 3 nitrogen and oxygen atoms in total. The Labute approximate surface area is 118 Å². The van der Waals surface area contributed by atoms with Crippen LogP contribution >= 0.6 is 0 Å². The zero-order valence-electron chi connectivity index (χ0n) is 10.4. The molecule has 0 unspecified atom stereocenters. The number of carbonyl (C=O) groups is 2. The summed E-state index contributed by atoms with van der Waals surface area (Å²) in [6.07, 6.45) is 2.32. The maximum Gasteiger partial charge on any atom is 0.261 e. The topological polar surface area (TPSA) is 37.4 Å². The number of imide groups is 1. The summed E-state index contributed by atoms with van der Waals surface area (Å²) in [5.74, 6) is -0.424. The number of carbonyl (C=O) groups excluding carboxylic acids is 2. The van der Waals surface area contributed by atoms with E-state index >= 15 is 0 Å². The van der Waals surface area contributed by atoms with Crippen molar-refractivity contribution >= 4 is 22.6 Å². The molecule has 0 N–H and O–H groups in total. The van der Waals surface area contributed by atoms with Gasteiger partial charge in [-0.25, -0.2) is 0 Å². The SMILES string of the molecule is C.C=CCCN1C(=O)c2cccc3cccc(c23)C1=O. The van der Waals surface area contributed by atoms with Crippen molar-refractivity contribution in [3.63, 3.8) is 0 Å². The standard InChI is InChI=1S/C16H13NO2.CH4/c1-2-3-10-17-15(18)12-8-4-6-11-7-5-9-13(14(11)12)16(17)19;/h2,4-9H,1,3,10H2;1H4. The molecule has 1 aliphatic heterocycles. The lowest BCUT2D eigenvalue weighted by Gasteiger charge is -2.26. The van der Waals surface area contributed by atoms with Crippen LogP contribution in [0.5, 0.6) is 0 Å². The van der Waals surface area contributed by atoms with Crippen LogP contribution in [0.15, 0.2) is 49.1 Å². The van der Waals surface area contributed by atoms with Crippen molar-refractivity contribution < 1.29 is 9.59 Å². The van der Waals surface area contributed by atoms with Crippen LogP contribution in [0.3, 0.4) is 0 Å². The highest BCUT2D eigenvalue weighted by molar-refractivity contribution is 6.25. The molecule has 3 heteroatoms. The predicted molar refractivity (Wildman–Crippen MR) is 80.9 cm³/mol. The molecular weight excluding hydrogens is 250 g/mol. The molecule has 1 aliphatic rings. The maximum atomic E-state index is 12.4. The zero-order chi connectivity index (χ0) is 13.4. The number of rotatable bonds is 3. The van der Waals surface area contributed by atoms with Crippen LogP contribution < -0.4 is 0 Å². The summed E-state index contributed by atoms with van der Waals surface area (Å²) in [7, 11) is 0. The van der Waals surface area contributed by atoms with E-state index in [0.29, 0.717) is 24.1 Å². The van der Waals surface area contributed by atoms with Crippen molar-refractivity contribution in [2.24, 2.45) is 0 Å². The Hall–Kier alpha value is -2.42. The molecule has 0 fully saturated rings. The minimum Gasteiger partial charge on any atom is -0.274 e. The second kappa shape index (κ2) is 5.29. The van der Waals surface area contributed by atoms with Crippen molar-refractivity contribution in [2.45, 2.75) is 13.8 Å². The Morgan fingerprint density at radius 1 is 1.00 bits per heavy atom. The van der Waals surface area contributed by atoms with Crippen molar-refractivity contribution in [3.05, 3.63) is 60.2 Å². The fraction of sp³-hybridized carbons (Fsp3) is 0.176. The van der Waals surface area contributed by atoms with Crippen molar-refractivity contribution in [3.8, 4) is 0 Å². The Bertz CT molecular complexity index is 652. The molecule has 1 heterocycles. The maximum absolute atomic E-state index is 12.4. The van der Waals surface area contributed by atoms with Gasteiger partial charge in [-0.15, -0.1) is 6.58 Å². The van der Waals surface area contributed by atoms with Gasteiger partial charge in [-0.2, -0.15) is 0 Å². The minimum absolute atomic E-state index is 0. The average molecular weight is 267 g/mol. The lowest BCUT2D eigenvalue weighted by Crippen LogP contribution is -2.40. The second-order valence-electron chi connectivity index (χ2n) is 4.55. The Kier molecular flexibility index (Phi) is 3.70. The largest absolute Gasteiger partial charge is 0.274 e. The number of hydrogen-bond acceptors (Lipinski definition) is 2. The highest BCUT2D eigenvalue weighted by Crippen LogP contribution is 2.29. The van der Waals surface area contributed by atoms with Crippen LogP contribution in [0.2, 0.25) is 0 Å². The molecule has 0 aliphatic carbocycles. The van der Waals surface area contributed by atoms with Crippen LogP contribution in [0.1, 0.15) is 34.6 Å². The molecule has 3 rings (SSSR count). The smallest absolute Gasteiger partial charge is 0.261 e. The first kappa shape index (κ1) is 14.0. The third kappa shape index (κ3) is 1.92. The van der Waals surface area contributed by atoms with Crippen LogP contribution in [-0.4, -0.2) is 23.3 Å². The number of amides is 2. The molecule has 2 aromatic rings. The molecular formula is C17H17NO2. The van der Waals surface area contributed by atoms with E-state index in [-0.39, 0.29) is 19.2 Å². The van der Waals surface area contributed by atoms with Crippen molar-refractivity contribution in [2.75, 3.05) is 6.54 Å². The second-order valence-corrected chi connectivity index (χ2v) is 4.55. The molecule has 0 bridgehead atoms. The summed E-state index contributed by atoms with van der Waals surface area (Å²) in [5.41, 5.74) is 1.22. The van der Waals surface area contributed by atoms with E-state index in [1.54, 1.807) is 18.2 Å². The minimum atomic E-state index is -0.212. The number of benzene rings is 2. The zero-order valence-corrected chi connectivity index (χ0v) is 10.4. The molecule has 0 saturated carbocycles. The van der Waals surface area contributed by atoms with Crippen LogP contribution in [0.4, 0.5) is 0 Å². The molecule has 0 saturated heterocycles. The predicted octanol–water partition coefficient (Wildman–Crippen LogP) is 3.65. The van der Waals surface area contributed by atoms with Gasteiger partial charge in [-0.05, 0) is 23.9 Å². The fourth-order valence-corrected chi connectivity index (χ4v) is 2.50. The average Bonchev–Trinajstić information content (AvgIpc) is 2.44. The highest BCUT2D eigenvalue weighted by atomic mass is 16.2. The van der Waals surface area contributed by atoms with E-state index < -0.39 is 0 Å². The van der Waals surface area contributed by atoms with Crippen LogP contribution in [0, 0.1) is 0 Å². The lowest BCUT2D eigenvalue weighted by atomic mass is 9.94. The quantitative estimate of drug-likeness (QED) is 0.629. The van der Waals surface area contributed by atoms with Gasteiger partial charge in [0.1, 0.15) is 0 Å². The van der Waals surface area contributed by atoms with E-state index in [0.717, 1.165) is 10.8 Å². The molecule has 2 amide bonds. The first-order valence-corrected chi connectivity index (χ1v) is 6.23. The van der Waals surface area contributed by atoms with E-state index in [1.807, 2.05) is 24.3 Å². The molecule has 0 atom stereocenters. The summed E-state index contributed by atoms with van der Waals surface area (Å²) in [4.78, 5) is 26.1. The summed E-state index contributed by atoms with van der Waals surface area (Å²) >= 11 is 0. The van der Waals surface area contributed by atoms with Gasteiger partial charge in [-0.1, -0.05) is 37.8 Å². The van der Waals surface area contributed by atoms with Gasteiger partial charge >= 0.3 is 0 Å². The molecule has 2 aromatic carbocycles. The Morgan fingerprint density at radius 2 is 1.55 bits per heavy atom. The summed E-state index contributed by atoms with van der Waals surface area (Å²) < 4.78 is 0. The van der Waals surface area contributed by atoms with Gasteiger partial charge < -0.3 is 0 Å². The number of nitrogens with zero attached hydrogens (tertiary/aromatic N) is 1. The van der Waals surface area contributed by atoms with Gasteiger partial charge in [0, 0.05) is 23.1 Å². The summed E-state index contributed by atoms with van der Waals surface area (Å²) in [6.45, 7) is 4.01. The van der Waals surface area contributed by atoms with Crippen LogP contribution in [0.25, 0.3) is 10.8 Å². The molecule has 0 aromatic heterocycles. The Morgan fingerprint density at radius 3 is 2.05 bits per heavy atom. The fourth-order valence-electron chi connectivity index (χ4n) is 2.50. The van der Waals surface area contributed by atoms with E-state index in [2.05, 4.69) is 6.58 Å². The van der Waals surface area contributed by atoms with Gasteiger partial charge in [-0.3, -0.25) is 14.5 Å². The lowest BCUT2D eigenvalue weighted by molar-refractivity contribution is 0.0613. The normalized spacial score (nSPS) is 13.3. The first-order chi connectivity index (χ1) is 9.24. The summed E-state index contributed by atoms with van der Waals surface area (Å²) in [6, 6.07) is 11.1. The Balaban J connectivity index is 0.00000147. The molecule has 0 spiro atoms. The van der Waals surface area contributed by atoms with Gasteiger partial charge in [0.15, 0.2) is 0 Å². The molecule has 102 valence electrons. The van der Waals surface area contributed by atoms with Crippen LogP contribution in [-0.2, 0) is 0 Å². The van der Waals surface area contributed by atoms with Crippen molar-refractivity contribution in [1.82, 2.24) is 4.90 Å². The highest BCUT2D eigenvalue weighted by Gasteiger charge is 2.31. The summed E-state index contributed by atoms with van der Waals surface area (Å²) in [5, 5.41) is 1.70. The monoisotopic (exact) mass is 267 g/mol. The van der Waals surface area contributed by atoms with E-state index in [1.165, 1.54) is 4.90 Å². The van der Waals surface area contributed by atoms with E-state index in [9.17, 15) is 9.59 Å². The third-order valence-electron chi connectivity index (χ3n) is 3.41. The van der Waals surface area contributed by atoms with Gasteiger partial charge in [0.05, 0.1) is 0 Å².